The van der Waals surface area contributed by atoms with Gasteiger partial charge in [0.05, 0.1) is 0 Å². The standard InChI is InChI=1S/C15H21BrN2O/c1-17-8-3-9-18(11-10-17)15(19)7-6-13-4-2-5-14(16)12-13/h2,4-5,12H,3,6-11H2,1H3. The minimum absolute atomic E-state index is 0.287. The molecule has 0 saturated carbocycles. The normalized spacial score (nSPS) is 17.3. The van der Waals surface area contributed by atoms with Gasteiger partial charge in [0.2, 0.25) is 5.91 Å². The molecule has 0 N–H and O–H groups in total. The highest BCUT2D eigenvalue weighted by Crippen LogP contribution is 2.14. The molecule has 1 saturated heterocycles. The van der Waals surface area contributed by atoms with Crippen molar-refractivity contribution in [2.24, 2.45) is 0 Å². The number of hydrogen-bond acceptors (Lipinski definition) is 2. The van der Waals surface area contributed by atoms with E-state index >= 15 is 0 Å². The summed E-state index contributed by atoms with van der Waals surface area (Å²) in [6, 6.07) is 8.19. The van der Waals surface area contributed by atoms with Crippen molar-refractivity contribution >= 4 is 21.8 Å². The van der Waals surface area contributed by atoms with E-state index < -0.39 is 0 Å². The molecular weight excluding hydrogens is 304 g/mol. The molecule has 1 fully saturated rings. The van der Waals surface area contributed by atoms with E-state index in [4.69, 9.17) is 0 Å². The van der Waals surface area contributed by atoms with Crippen molar-refractivity contribution < 1.29 is 4.79 Å². The maximum atomic E-state index is 12.2. The Morgan fingerprint density at radius 3 is 2.89 bits per heavy atom. The van der Waals surface area contributed by atoms with Gasteiger partial charge >= 0.3 is 0 Å². The highest BCUT2D eigenvalue weighted by Gasteiger charge is 2.16. The highest BCUT2D eigenvalue weighted by atomic mass is 79.9. The van der Waals surface area contributed by atoms with Crippen molar-refractivity contribution in [2.45, 2.75) is 19.3 Å². The number of rotatable bonds is 3. The number of halogens is 1. The highest BCUT2D eigenvalue weighted by molar-refractivity contribution is 9.10. The van der Waals surface area contributed by atoms with Crippen molar-refractivity contribution in [2.75, 3.05) is 33.2 Å². The largest absolute Gasteiger partial charge is 0.341 e. The van der Waals surface area contributed by atoms with Crippen LogP contribution in [0.4, 0.5) is 0 Å². The lowest BCUT2D eigenvalue weighted by molar-refractivity contribution is -0.131. The first kappa shape index (κ1) is 14.5. The molecular formula is C15H21BrN2O. The third kappa shape index (κ3) is 4.62. The number of carbonyl (C=O) groups excluding carboxylic acids is 1. The van der Waals surface area contributed by atoms with Crippen molar-refractivity contribution in [3.8, 4) is 0 Å². The van der Waals surface area contributed by atoms with Gasteiger partial charge in [-0.25, -0.2) is 0 Å². The summed E-state index contributed by atoms with van der Waals surface area (Å²) < 4.78 is 1.08. The van der Waals surface area contributed by atoms with Gasteiger partial charge in [0.1, 0.15) is 0 Å². The van der Waals surface area contributed by atoms with Crippen LogP contribution in [0.25, 0.3) is 0 Å². The van der Waals surface area contributed by atoms with E-state index in [9.17, 15) is 4.79 Å². The molecule has 1 amide bonds. The Kier molecular flexibility index (Phi) is 5.40. The summed E-state index contributed by atoms with van der Waals surface area (Å²) in [5, 5.41) is 0. The average Bonchev–Trinajstić information content (AvgIpc) is 2.61. The summed E-state index contributed by atoms with van der Waals surface area (Å²) in [6.45, 7) is 3.85. The number of benzene rings is 1. The second-order valence-corrected chi connectivity index (χ2v) is 6.08. The Hall–Kier alpha value is -0.870. The maximum Gasteiger partial charge on any atom is 0.222 e. The molecule has 0 aliphatic carbocycles. The Bertz CT molecular complexity index is 436. The molecule has 0 spiro atoms. The molecule has 0 aromatic heterocycles. The zero-order valence-corrected chi connectivity index (χ0v) is 13.0. The van der Waals surface area contributed by atoms with E-state index in [1.165, 1.54) is 5.56 Å². The molecule has 0 atom stereocenters. The van der Waals surface area contributed by atoms with Crippen LogP contribution in [0.15, 0.2) is 28.7 Å². The molecule has 1 aromatic rings. The van der Waals surface area contributed by atoms with Crippen LogP contribution in [-0.2, 0) is 11.2 Å². The lowest BCUT2D eigenvalue weighted by Crippen LogP contribution is -2.34. The lowest BCUT2D eigenvalue weighted by atomic mass is 10.1. The second-order valence-electron chi connectivity index (χ2n) is 5.17. The van der Waals surface area contributed by atoms with E-state index in [1.54, 1.807) is 0 Å². The Balaban J connectivity index is 1.83. The van der Waals surface area contributed by atoms with Crippen molar-refractivity contribution in [1.82, 2.24) is 9.80 Å². The van der Waals surface area contributed by atoms with Crippen LogP contribution in [0.3, 0.4) is 0 Å². The fraction of sp³-hybridized carbons (Fsp3) is 0.533. The van der Waals surface area contributed by atoms with Gasteiger partial charge in [0.15, 0.2) is 0 Å². The number of aryl methyl sites for hydroxylation is 1. The van der Waals surface area contributed by atoms with Gasteiger partial charge in [-0.3, -0.25) is 4.79 Å². The maximum absolute atomic E-state index is 12.2. The van der Waals surface area contributed by atoms with Crippen LogP contribution in [0.1, 0.15) is 18.4 Å². The molecule has 104 valence electrons. The van der Waals surface area contributed by atoms with E-state index in [2.05, 4.69) is 40.0 Å². The van der Waals surface area contributed by atoms with Gasteiger partial charge in [-0.05, 0) is 44.1 Å². The molecule has 1 aromatic carbocycles. The molecule has 4 heteroatoms. The minimum Gasteiger partial charge on any atom is -0.341 e. The molecule has 1 heterocycles. The third-order valence-corrected chi connectivity index (χ3v) is 4.08. The monoisotopic (exact) mass is 324 g/mol. The summed E-state index contributed by atoms with van der Waals surface area (Å²) in [5.41, 5.74) is 1.22. The van der Waals surface area contributed by atoms with Gasteiger partial charge in [0.25, 0.3) is 0 Å². The minimum atomic E-state index is 0.287. The molecule has 2 rings (SSSR count). The molecule has 3 nitrogen and oxygen atoms in total. The summed E-state index contributed by atoms with van der Waals surface area (Å²) in [7, 11) is 2.12. The topological polar surface area (TPSA) is 23.6 Å². The molecule has 1 aliphatic rings. The molecule has 0 radical (unpaired) electrons. The van der Waals surface area contributed by atoms with E-state index in [-0.39, 0.29) is 5.91 Å². The number of likely N-dealkylation sites (N-methyl/N-ethyl adjacent to an activating group) is 1. The Morgan fingerprint density at radius 1 is 1.26 bits per heavy atom. The summed E-state index contributed by atoms with van der Waals surface area (Å²) in [4.78, 5) is 16.5. The molecule has 0 unspecified atom stereocenters. The van der Waals surface area contributed by atoms with Crippen molar-refractivity contribution in [3.05, 3.63) is 34.3 Å². The summed E-state index contributed by atoms with van der Waals surface area (Å²) in [6.07, 6.45) is 2.52. The third-order valence-electron chi connectivity index (χ3n) is 3.59. The SMILES string of the molecule is CN1CCCN(C(=O)CCc2cccc(Br)c2)CC1. The fourth-order valence-electron chi connectivity index (χ4n) is 2.40. The van der Waals surface area contributed by atoms with Gasteiger partial charge in [-0.15, -0.1) is 0 Å². The number of carbonyl (C=O) groups is 1. The van der Waals surface area contributed by atoms with Crippen LogP contribution in [-0.4, -0.2) is 48.9 Å². The first-order valence-electron chi connectivity index (χ1n) is 6.86. The fourth-order valence-corrected chi connectivity index (χ4v) is 2.84. The molecule has 1 aliphatic heterocycles. The predicted octanol–water partition coefficient (Wildman–Crippen LogP) is 2.55. The molecule has 0 bridgehead atoms. The van der Waals surface area contributed by atoms with Gasteiger partial charge in [0, 0.05) is 30.5 Å². The van der Waals surface area contributed by atoms with Crippen LogP contribution in [0, 0.1) is 0 Å². The first-order chi connectivity index (χ1) is 9.15. The van der Waals surface area contributed by atoms with E-state index in [0.29, 0.717) is 6.42 Å². The zero-order chi connectivity index (χ0) is 13.7. The van der Waals surface area contributed by atoms with Crippen molar-refractivity contribution in [1.29, 1.82) is 0 Å². The summed E-state index contributed by atoms with van der Waals surface area (Å²) in [5.74, 6) is 0.287. The quantitative estimate of drug-likeness (QED) is 0.853. The number of amides is 1. The van der Waals surface area contributed by atoms with E-state index in [0.717, 1.165) is 43.5 Å². The average molecular weight is 325 g/mol. The molecule has 19 heavy (non-hydrogen) atoms. The second kappa shape index (κ2) is 7.06. The van der Waals surface area contributed by atoms with Gasteiger partial charge in [-0.1, -0.05) is 28.1 Å². The van der Waals surface area contributed by atoms with Crippen LogP contribution in [0.5, 0.6) is 0 Å². The lowest BCUT2D eigenvalue weighted by Gasteiger charge is -2.20. The van der Waals surface area contributed by atoms with E-state index in [1.807, 2.05) is 17.0 Å². The number of hydrogen-bond donors (Lipinski definition) is 0. The predicted molar refractivity (Wildman–Crippen MR) is 81.2 cm³/mol. The van der Waals surface area contributed by atoms with Crippen LogP contribution >= 0.6 is 15.9 Å². The smallest absolute Gasteiger partial charge is 0.222 e. The van der Waals surface area contributed by atoms with Crippen LogP contribution in [0.2, 0.25) is 0 Å². The Morgan fingerprint density at radius 2 is 2.11 bits per heavy atom. The Labute approximate surface area is 123 Å². The number of nitrogens with zero attached hydrogens (tertiary/aromatic N) is 2. The summed E-state index contributed by atoms with van der Waals surface area (Å²) >= 11 is 3.46. The van der Waals surface area contributed by atoms with Gasteiger partial charge < -0.3 is 9.80 Å². The zero-order valence-electron chi connectivity index (χ0n) is 11.4. The first-order valence-corrected chi connectivity index (χ1v) is 7.65. The van der Waals surface area contributed by atoms with Crippen molar-refractivity contribution in [3.63, 3.8) is 0 Å². The van der Waals surface area contributed by atoms with Crippen LogP contribution < -0.4 is 0 Å². The van der Waals surface area contributed by atoms with Gasteiger partial charge in [-0.2, -0.15) is 0 Å².